The minimum Gasteiger partial charge on any atom is -0.493 e. The van der Waals surface area contributed by atoms with Gasteiger partial charge in [0, 0.05) is 6.20 Å². The predicted molar refractivity (Wildman–Crippen MR) is 88.1 cm³/mol. The number of aromatic nitrogens is 1. The number of nitrogens with one attached hydrogen (secondary N) is 1. The highest BCUT2D eigenvalue weighted by molar-refractivity contribution is 5.93. The lowest BCUT2D eigenvalue weighted by Gasteiger charge is -2.10. The first-order chi connectivity index (χ1) is 11.2. The predicted octanol–water partition coefficient (Wildman–Crippen LogP) is 2.64. The smallest absolute Gasteiger partial charge is 0.289 e. The molecule has 0 aliphatic rings. The van der Waals surface area contributed by atoms with Gasteiger partial charge in [0.05, 0.1) is 19.9 Å². The summed E-state index contributed by atoms with van der Waals surface area (Å²) in [5.74, 6) is 0.944. The van der Waals surface area contributed by atoms with E-state index >= 15 is 0 Å². The second-order valence-corrected chi connectivity index (χ2v) is 4.67. The van der Waals surface area contributed by atoms with Gasteiger partial charge in [-0.2, -0.15) is 5.10 Å². The summed E-state index contributed by atoms with van der Waals surface area (Å²) in [4.78, 5) is 15.7. The maximum atomic E-state index is 11.8. The summed E-state index contributed by atoms with van der Waals surface area (Å²) in [6.45, 7) is 2.67. The topological polar surface area (TPSA) is 72.8 Å². The van der Waals surface area contributed by atoms with Gasteiger partial charge in [-0.1, -0.05) is 13.0 Å². The average Bonchev–Trinajstić information content (AvgIpc) is 2.61. The second-order valence-electron chi connectivity index (χ2n) is 4.67. The number of amides is 1. The molecule has 0 fully saturated rings. The number of rotatable bonds is 7. The van der Waals surface area contributed by atoms with E-state index in [4.69, 9.17) is 9.47 Å². The Kier molecular flexibility index (Phi) is 6.11. The van der Waals surface area contributed by atoms with Gasteiger partial charge in [0.1, 0.15) is 5.69 Å². The highest BCUT2D eigenvalue weighted by Gasteiger charge is 2.06. The van der Waals surface area contributed by atoms with Crippen molar-refractivity contribution in [2.45, 2.75) is 13.3 Å². The summed E-state index contributed by atoms with van der Waals surface area (Å²) in [5, 5.41) is 3.92. The Bertz CT molecular complexity index is 672. The Morgan fingerprint density at radius 3 is 2.87 bits per heavy atom. The van der Waals surface area contributed by atoms with Crippen molar-refractivity contribution in [3.8, 4) is 11.5 Å². The number of ether oxygens (including phenoxy) is 2. The Labute approximate surface area is 135 Å². The van der Waals surface area contributed by atoms with Crippen LogP contribution in [0.5, 0.6) is 11.5 Å². The molecule has 1 N–H and O–H groups in total. The van der Waals surface area contributed by atoms with Crippen molar-refractivity contribution in [2.24, 2.45) is 5.10 Å². The molecule has 2 rings (SSSR count). The van der Waals surface area contributed by atoms with Crippen LogP contribution in [-0.2, 0) is 0 Å². The van der Waals surface area contributed by atoms with Crippen molar-refractivity contribution in [3.63, 3.8) is 0 Å². The third kappa shape index (κ3) is 4.81. The van der Waals surface area contributed by atoms with Crippen molar-refractivity contribution in [3.05, 3.63) is 53.9 Å². The molecule has 0 spiro atoms. The Morgan fingerprint density at radius 1 is 1.30 bits per heavy atom. The number of hydrogen-bond acceptors (Lipinski definition) is 5. The third-order valence-electron chi connectivity index (χ3n) is 2.93. The Balaban J connectivity index is 2.00. The van der Waals surface area contributed by atoms with E-state index < -0.39 is 0 Å². The van der Waals surface area contributed by atoms with Gasteiger partial charge in [-0.05, 0) is 42.3 Å². The summed E-state index contributed by atoms with van der Waals surface area (Å²) in [6.07, 6.45) is 4.01. The molecule has 0 radical (unpaired) electrons. The fourth-order valence-corrected chi connectivity index (χ4v) is 1.82. The first kappa shape index (κ1) is 16.5. The van der Waals surface area contributed by atoms with Gasteiger partial charge in [0.15, 0.2) is 11.5 Å². The SMILES string of the molecule is CCCOc1ccc(C=NNC(=O)c2ccccn2)cc1OC. The van der Waals surface area contributed by atoms with Crippen LogP contribution in [-0.4, -0.2) is 30.8 Å². The maximum Gasteiger partial charge on any atom is 0.289 e. The lowest BCUT2D eigenvalue weighted by Crippen LogP contribution is -2.18. The molecule has 1 heterocycles. The molecule has 0 atom stereocenters. The van der Waals surface area contributed by atoms with E-state index in [0.717, 1.165) is 12.0 Å². The van der Waals surface area contributed by atoms with Crippen LogP contribution >= 0.6 is 0 Å². The van der Waals surface area contributed by atoms with E-state index in [9.17, 15) is 4.79 Å². The molecular weight excluding hydrogens is 294 g/mol. The number of carbonyl (C=O) groups is 1. The molecule has 0 saturated heterocycles. The normalized spacial score (nSPS) is 10.5. The van der Waals surface area contributed by atoms with Gasteiger partial charge >= 0.3 is 0 Å². The summed E-state index contributed by atoms with van der Waals surface area (Å²) in [6, 6.07) is 10.6. The van der Waals surface area contributed by atoms with Crippen molar-refractivity contribution < 1.29 is 14.3 Å². The molecule has 6 heteroatoms. The van der Waals surface area contributed by atoms with Gasteiger partial charge in [0.2, 0.25) is 0 Å². The standard InChI is InChI=1S/C17H19N3O3/c1-3-10-23-15-8-7-13(11-16(15)22-2)12-19-20-17(21)14-6-4-5-9-18-14/h4-9,11-12H,3,10H2,1-2H3,(H,20,21). The number of hydrazone groups is 1. The summed E-state index contributed by atoms with van der Waals surface area (Å²) in [7, 11) is 1.58. The summed E-state index contributed by atoms with van der Waals surface area (Å²) < 4.78 is 10.9. The first-order valence-electron chi connectivity index (χ1n) is 7.30. The molecule has 0 aliphatic carbocycles. The fraction of sp³-hybridized carbons (Fsp3) is 0.235. The molecule has 23 heavy (non-hydrogen) atoms. The van der Waals surface area contributed by atoms with Gasteiger partial charge in [-0.15, -0.1) is 0 Å². The van der Waals surface area contributed by atoms with E-state index in [-0.39, 0.29) is 5.91 Å². The van der Waals surface area contributed by atoms with Crippen LogP contribution in [0, 0.1) is 0 Å². The van der Waals surface area contributed by atoms with Crippen LogP contribution in [0.3, 0.4) is 0 Å². The molecule has 1 aromatic carbocycles. The van der Waals surface area contributed by atoms with Crippen molar-refractivity contribution in [1.82, 2.24) is 10.4 Å². The first-order valence-corrected chi connectivity index (χ1v) is 7.30. The van der Waals surface area contributed by atoms with Gasteiger partial charge < -0.3 is 9.47 Å². The lowest BCUT2D eigenvalue weighted by molar-refractivity contribution is 0.0950. The number of pyridine rings is 1. The minimum atomic E-state index is -0.364. The molecule has 0 aliphatic heterocycles. The van der Waals surface area contributed by atoms with Crippen LogP contribution in [0.15, 0.2) is 47.7 Å². The average molecular weight is 313 g/mol. The number of nitrogens with zero attached hydrogens (tertiary/aromatic N) is 2. The molecular formula is C17H19N3O3. The fourth-order valence-electron chi connectivity index (χ4n) is 1.82. The summed E-state index contributed by atoms with van der Waals surface area (Å²) in [5.41, 5.74) is 3.52. The van der Waals surface area contributed by atoms with Crippen molar-refractivity contribution >= 4 is 12.1 Å². The number of benzene rings is 1. The van der Waals surface area contributed by atoms with Crippen molar-refractivity contribution in [1.29, 1.82) is 0 Å². The molecule has 2 aromatic rings. The van der Waals surface area contributed by atoms with Crippen LogP contribution in [0.2, 0.25) is 0 Å². The monoisotopic (exact) mass is 313 g/mol. The van der Waals surface area contributed by atoms with E-state index in [2.05, 4.69) is 15.5 Å². The Morgan fingerprint density at radius 2 is 2.17 bits per heavy atom. The maximum absolute atomic E-state index is 11.8. The van der Waals surface area contributed by atoms with Crippen LogP contribution < -0.4 is 14.9 Å². The zero-order chi connectivity index (χ0) is 16.5. The third-order valence-corrected chi connectivity index (χ3v) is 2.93. The molecule has 0 unspecified atom stereocenters. The zero-order valence-corrected chi connectivity index (χ0v) is 13.2. The zero-order valence-electron chi connectivity index (χ0n) is 13.2. The molecule has 1 amide bonds. The molecule has 0 bridgehead atoms. The van der Waals surface area contributed by atoms with E-state index in [1.165, 1.54) is 6.21 Å². The van der Waals surface area contributed by atoms with E-state index in [1.54, 1.807) is 37.6 Å². The van der Waals surface area contributed by atoms with Gasteiger partial charge in [0.25, 0.3) is 5.91 Å². The highest BCUT2D eigenvalue weighted by Crippen LogP contribution is 2.27. The van der Waals surface area contributed by atoms with Crippen LogP contribution in [0.1, 0.15) is 29.4 Å². The second kappa shape index (κ2) is 8.53. The Hall–Kier alpha value is -2.89. The van der Waals surface area contributed by atoms with E-state index in [0.29, 0.717) is 23.8 Å². The number of hydrogen-bond donors (Lipinski definition) is 1. The van der Waals surface area contributed by atoms with Crippen molar-refractivity contribution in [2.75, 3.05) is 13.7 Å². The molecule has 1 aromatic heterocycles. The molecule has 0 saturated carbocycles. The van der Waals surface area contributed by atoms with E-state index in [1.807, 2.05) is 19.1 Å². The largest absolute Gasteiger partial charge is 0.493 e. The molecule has 120 valence electrons. The van der Waals surface area contributed by atoms with Crippen LogP contribution in [0.4, 0.5) is 0 Å². The summed E-state index contributed by atoms with van der Waals surface area (Å²) >= 11 is 0. The molecule has 6 nitrogen and oxygen atoms in total. The van der Waals surface area contributed by atoms with Crippen LogP contribution in [0.25, 0.3) is 0 Å². The lowest BCUT2D eigenvalue weighted by atomic mass is 10.2. The minimum absolute atomic E-state index is 0.311. The quantitative estimate of drug-likeness (QED) is 0.630. The van der Waals surface area contributed by atoms with Gasteiger partial charge in [-0.3, -0.25) is 9.78 Å². The number of methoxy groups -OCH3 is 1. The highest BCUT2D eigenvalue weighted by atomic mass is 16.5. The number of carbonyl (C=O) groups excluding carboxylic acids is 1. The van der Waals surface area contributed by atoms with Gasteiger partial charge in [-0.25, -0.2) is 5.43 Å².